The Morgan fingerprint density at radius 3 is 2.71 bits per heavy atom. The zero-order valence-corrected chi connectivity index (χ0v) is 7.48. The summed E-state index contributed by atoms with van der Waals surface area (Å²) in [5.41, 5.74) is 5.50. The maximum atomic E-state index is 10.7. The average Bonchev–Trinajstić information content (AvgIpc) is 2.16. The normalized spacial score (nSPS) is 20.7. The van der Waals surface area contributed by atoms with Crippen LogP contribution < -0.4 is 5.73 Å². The van der Waals surface area contributed by atoms with Crippen LogP contribution in [0.15, 0.2) is 29.1 Å². The molecule has 1 aliphatic carbocycles. The van der Waals surface area contributed by atoms with Crippen molar-refractivity contribution in [2.75, 3.05) is 7.11 Å². The van der Waals surface area contributed by atoms with E-state index in [0.717, 1.165) is 0 Å². The molecule has 14 heavy (non-hydrogen) atoms. The highest BCUT2D eigenvalue weighted by atomic mass is 16.5. The van der Waals surface area contributed by atoms with Crippen LogP contribution in [-0.2, 0) is 14.3 Å². The van der Waals surface area contributed by atoms with E-state index in [9.17, 15) is 9.59 Å². The number of ether oxygens (including phenoxy) is 1. The molecule has 1 atom stereocenters. The van der Waals surface area contributed by atoms with Gasteiger partial charge < -0.3 is 15.6 Å². The second-order valence-electron chi connectivity index (χ2n) is 2.66. The number of hydrogen-bond donors (Lipinski definition) is 2. The van der Waals surface area contributed by atoms with Crippen LogP contribution in [0.5, 0.6) is 0 Å². The molecule has 5 heteroatoms. The Hall–Kier alpha value is -1.84. The standard InChI is InChI=1S/C9H9NO4/c1-14-7-3-2-5(9(12)13)8(10)6(7)4-11/h2-3,8H,10H2,1H3,(H,12,13). The minimum Gasteiger partial charge on any atom is -0.496 e. The number of hydrogen-bond acceptors (Lipinski definition) is 4. The van der Waals surface area contributed by atoms with Crippen molar-refractivity contribution in [3.05, 3.63) is 29.1 Å². The third-order valence-electron chi connectivity index (χ3n) is 1.90. The quantitative estimate of drug-likeness (QED) is 0.586. The van der Waals surface area contributed by atoms with Crippen molar-refractivity contribution in [2.24, 2.45) is 5.73 Å². The zero-order chi connectivity index (χ0) is 10.7. The molecule has 0 saturated carbocycles. The largest absolute Gasteiger partial charge is 0.496 e. The summed E-state index contributed by atoms with van der Waals surface area (Å²) in [6, 6.07) is -0.982. The zero-order valence-electron chi connectivity index (χ0n) is 7.48. The Balaban J connectivity index is 3.19. The number of carboxylic acids is 1. The van der Waals surface area contributed by atoms with Crippen LogP contribution in [-0.4, -0.2) is 30.2 Å². The molecule has 0 aromatic carbocycles. The van der Waals surface area contributed by atoms with Crippen LogP contribution >= 0.6 is 0 Å². The van der Waals surface area contributed by atoms with Crippen LogP contribution in [0.4, 0.5) is 0 Å². The first-order chi connectivity index (χ1) is 6.61. The Morgan fingerprint density at radius 2 is 2.29 bits per heavy atom. The van der Waals surface area contributed by atoms with Crippen LogP contribution in [0.3, 0.4) is 0 Å². The summed E-state index contributed by atoms with van der Waals surface area (Å²) in [5, 5.41) is 8.72. The first kappa shape index (κ1) is 10.2. The maximum Gasteiger partial charge on any atom is 0.333 e. The average molecular weight is 195 g/mol. The van der Waals surface area contributed by atoms with E-state index in [-0.39, 0.29) is 16.9 Å². The van der Waals surface area contributed by atoms with Crippen molar-refractivity contribution in [3.8, 4) is 0 Å². The Labute approximate surface area is 80.2 Å². The van der Waals surface area contributed by atoms with Crippen LogP contribution in [0.1, 0.15) is 0 Å². The van der Waals surface area contributed by atoms with Gasteiger partial charge in [-0.15, -0.1) is 0 Å². The third-order valence-corrected chi connectivity index (χ3v) is 1.90. The van der Waals surface area contributed by atoms with Crippen LogP contribution in [0.25, 0.3) is 0 Å². The summed E-state index contributed by atoms with van der Waals surface area (Å²) in [6.07, 6.45) is 2.69. The molecule has 1 unspecified atom stereocenters. The van der Waals surface area contributed by atoms with Crippen LogP contribution in [0.2, 0.25) is 0 Å². The molecule has 0 radical (unpaired) electrons. The molecular formula is C9H9NO4. The monoisotopic (exact) mass is 195 g/mol. The molecule has 0 amide bonds. The third kappa shape index (κ3) is 1.59. The molecule has 0 aromatic rings. The van der Waals surface area contributed by atoms with Crippen LogP contribution in [0, 0.1) is 0 Å². The highest BCUT2D eigenvalue weighted by Gasteiger charge is 2.27. The predicted molar refractivity (Wildman–Crippen MR) is 48.0 cm³/mol. The van der Waals surface area contributed by atoms with E-state index in [4.69, 9.17) is 15.6 Å². The van der Waals surface area contributed by atoms with Gasteiger partial charge in [-0.2, -0.15) is 0 Å². The van der Waals surface area contributed by atoms with Gasteiger partial charge in [-0.25, -0.2) is 9.59 Å². The van der Waals surface area contributed by atoms with Gasteiger partial charge in [0, 0.05) is 0 Å². The summed E-state index contributed by atoms with van der Waals surface area (Å²) in [5.74, 6) is 0.676. The number of carbonyl (C=O) groups excluding carboxylic acids is 1. The van der Waals surface area contributed by atoms with Crippen molar-refractivity contribution in [1.29, 1.82) is 0 Å². The van der Waals surface area contributed by atoms with E-state index in [2.05, 4.69) is 0 Å². The van der Waals surface area contributed by atoms with Gasteiger partial charge in [-0.3, -0.25) is 0 Å². The molecule has 74 valence electrons. The van der Waals surface area contributed by atoms with Gasteiger partial charge in [-0.05, 0) is 12.2 Å². The summed E-state index contributed by atoms with van der Waals surface area (Å²) in [6.45, 7) is 0. The molecule has 0 heterocycles. The number of methoxy groups -OCH3 is 1. The molecule has 0 bridgehead atoms. The SMILES string of the molecule is COC1=CC=C(C(=O)O)C(N)C1=C=O. The summed E-state index contributed by atoms with van der Waals surface area (Å²) >= 11 is 0. The fourth-order valence-electron chi connectivity index (χ4n) is 1.16. The molecule has 0 fully saturated rings. The predicted octanol–water partition coefficient (Wildman–Crippen LogP) is -0.373. The molecule has 0 spiro atoms. The highest BCUT2D eigenvalue weighted by molar-refractivity contribution is 5.91. The first-order valence-corrected chi connectivity index (χ1v) is 3.82. The van der Waals surface area contributed by atoms with Gasteiger partial charge in [0.15, 0.2) is 0 Å². The number of nitrogens with two attached hydrogens (primary N) is 1. The van der Waals surface area contributed by atoms with E-state index in [1.54, 1.807) is 5.94 Å². The van der Waals surface area contributed by atoms with E-state index >= 15 is 0 Å². The molecular weight excluding hydrogens is 186 g/mol. The lowest BCUT2D eigenvalue weighted by Crippen LogP contribution is -2.32. The van der Waals surface area contributed by atoms with Gasteiger partial charge in [0.05, 0.1) is 24.3 Å². The van der Waals surface area contributed by atoms with Crippen molar-refractivity contribution < 1.29 is 19.4 Å². The second kappa shape index (κ2) is 3.91. The van der Waals surface area contributed by atoms with Gasteiger partial charge in [0.25, 0.3) is 0 Å². The molecule has 0 aromatic heterocycles. The Kier molecular flexibility index (Phi) is 2.86. The maximum absolute atomic E-state index is 10.7. The number of carbonyl (C=O) groups is 1. The minimum atomic E-state index is -1.16. The van der Waals surface area contributed by atoms with Gasteiger partial charge in [0.1, 0.15) is 11.7 Å². The molecule has 1 rings (SSSR count). The minimum absolute atomic E-state index is 0.0207. The molecule has 0 aliphatic heterocycles. The molecule has 3 N–H and O–H groups in total. The smallest absolute Gasteiger partial charge is 0.333 e. The number of aliphatic carboxylic acids is 1. The van der Waals surface area contributed by atoms with Gasteiger partial charge in [-0.1, -0.05) is 0 Å². The topological polar surface area (TPSA) is 89.6 Å². The summed E-state index contributed by atoms with van der Waals surface area (Å²) in [4.78, 5) is 21.2. The number of carboxylic acid groups (broad SMARTS) is 1. The molecule has 1 aliphatic rings. The summed E-state index contributed by atoms with van der Waals surface area (Å²) in [7, 11) is 1.37. The number of rotatable bonds is 2. The fourth-order valence-corrected chi connectivity index (χ4v) is 1.16. The van der Waals surface area contributed by atoms with E-state index in [1.807, 2.05) is 0 Å². The second-order valence-corrected chi connectivity index (χ2v) is 2.66. The van der Waals surface area contributed by atoms with Crippen molar-refractivity contribution in [1.82, 2.24) is 0 Å². The lowest BCUT2D eigenvalue weighted by molar-refractivity contribution is -0.132. The highest BCUT2D eigenvalue weighted by Crippen LogP contribution is 2.21. The van der Waals surface area contributed by atoms with Crippen molar-refractivity contribution in [2.45, 2.75) is 6.04 Å². The van der Waals surface area contributed by atoms with Gasteiger partial charge in [0.2, 0.25) is 0 Å². The first-order valence-electron chi connectivity index (χ1n) is 3.82. The Bertz CT molecular complexity index is 374. The lowest BCUT2D eigenvalue weighted by Gasteiger charge is -2.18. The van der Waals surface area contributed by atoms with E-state index in [1.165, 1.54) is 19.3 Å². The number of allylic oxidation sites excluding steroid dienone is 2. The fraction of sp³-hybridized carbons (Fsp3) is 0.222. The lowest BCUT2D eigenvalue weighted by atomic mass is 9.94. The molecule has 5 nitrogen and oxygen atoms in total. The van der Waals surface area contributed by atoms with Crippen molar-refractivity contribution in [3.63, 3.8) is 0 Å². The summed E-state index contributed by atoms with van der Waals surface area (Å²) < 4.78 is 4.84. The van der Waals surface area contributed by atoms with Gasteiger partial charge >= 0.3 is 5.97 Å². The van der Waals surface area contributed by atoms with E-state index in [0.29, 0.717) is 0 Å². The van der Waals surface area contributed by atoms with E-state index < -0.39 is 12.0 Å². The molecule has 0 saturated heterocycles. The Morgan fingerprint density at radius 1 is 1.64 bits per heavy atom. The van der Waals surface area contributed by atoms with Crippen molar-refractivity contribution >= 4 is 11.9 Å².